The molecule has 7 nitrogen and oxygen atoms in total. The molecule has 0 aromatic rings. The molecule has 0 aliphatic carbocycles. The van der Waals surface area contributed by atoms with Crippen LogP contribution in [0.3, 0.4) is 0 Å². The Morgan fingerprint density at radius 3 is 2.18 bits per heavy atom. The summed E-state index contributed by atoms with van der Waals surface area (Å²) < 4.78 is 5.09. The van der Waals surface area contributed by atoms with Gasteiger partial charge >= 0.3 is 12.1 Å². The van der Waals surface area contributed by atoms with E-state index in [0.717, 1.165) is 6.42 Å². The van der Waals surface area contributed by atoms with Gasteiger partial charge in [0.2, 0.25) is 5.91 Å². The molecule has 0 heterocycles. The second-order valence-electron chi connectivity index (χ2n) is 6.60. The molecule has 0 fully saturated rings. The summed E-state index contributed by atoms with van der Waals surface area (Å²) in [6.45, 7) is 9.68. The quantitative estimate of drug-likeness (QED) is 0.634. The minimum Gasteiger partial charge on any atom is -0.481 e. The summed E-state index contributed by atoms with van der Waals surface area (Å²) in [4.78, 5) is 34.5. The Balaban J connectivity index is 4.56. The van der Waals surface area contributed by atoms with E-state index in [2.05, 4.69) is 10.6 Å². The Morgan fingerprint density at radius 2 is 1.73 bits per heavy atom. The Hall–Kier alpha value is -1.79. The largest absolute Gasteiger partial charge is 0.481 e. The van der Waals surface area contributed by atoms with E-state index in [9.17, 15) is 14.4 Å². The molecule has 7 heteroatoms. The third-order valence-electron chi connectivity index (χ3n) is 2.68. The van der Waals surface area contributed by atoms with Crippen LogP contribution >= 0.6 is 0 Å². The van der Waals surface area contributed by atoms with Gasteiger partial charge in [0.15, 0.2) is 0 Å². The maximum Gasteiger partial charge on any atom is 0.408 e. The van der Waals surface area contributed by atoms with Gasteiger partial charge in [0, 0.05) is 13.0 Å². The fourth-order valence-electron chi connectivity index (χ4n) is 1.59. The molecule has 0 aliphatic heterocycles. The fraction of sp³-hybridized carbons (Fsp3) is 0.800. The molecule has 0 saturated carbocycles. The zero-order valence-corrected chi connectivity index (χ0v) is 14.1. The van der Waals surface area contributed by atoms with Gasteiger partial charge in [-0.05, 0) is 39.5 Å². The van der Waals surface area contributed by atoms with Crippen molar-refractivity contribution in [1.29, 1.82) is 0 Å². The van der Waals surface area contributed by atoms with Gasteiger partial charge in [0.1, 0.15) is 11.6 Å². The minimum atomic E-state index is -1.02. The van der Waals surface area contributed by atoms with Gasteiger partial charge in [-0.1, -0.05) is 13.8 Å². The smallest absolute Gasteiger partial charge is 0.408 e. The van der Waals surface area contributed by atoms with Crippen LogP contribution in [0.1, 0.15) is 53.9 Å². The van der Waals surface area contributed by atoms with E-state index in [4.69, 9.17) is 9.84 Å². The van der Waals surface area contributed by atoms with Crippen molar-refractivity contribution in [3.63, 3.8) is 0 Å². The lowest BCUT2D eigenvalue weighted by Crippen LogP contribution is -2.48. The molecular weight excluding hydrogens is 288 g/mol. The molecule has 0 spiro atoms. The first-order chi connectivity index (χ1) is 10.0. The highest BCUT2D eigenvalue weighted by atomic mass is 16.6. The lowest BCUT2D eigenvalue weighted by atomic mass is 10.1. The second kappa shape index (κ2) is 9.27. The highest BCUT2D eigenvalue weighted by molar-refractivity contribution is 5.86. The molecule has 0 bridgehead atoms. The highest BCUT2D eigenvalue weighted by Gasteiger charge is 2.24. The number of alkyl carbamates (subject to hydrolysis) is 1. The number of hydrogen-bond donors (Lipinski definition) is 3. The summed E-state index contributed by atoms with van der Waals surface area (Å²) in [5, 5.41) is 13.9. The third kappa shape index (κ3) is 10.9. The number of ether oxygens (including phenoxy) is 1. The Bertz CT molecular complexity index is 388. The number of carbonyl (C=O) groups is 3. The van der Waals surface area contributed by atoms with Crippen molar-refractivity contribution in [2.75, 3.05) is 6.54 Å². The molecule has 0 saturated heterocycles. The van der Waals surface area contributed by atoms with Crippen LogP contribution in [0.5, 0.6) is 0 Å². The number of rotatable bonds is 8. The van der Waals surface area contributed by atoms with Crippen molar-refractivity contribution in [2.24, 2.45) is 5.92 Å². The number of hydrogen-bond acceptors (Lipinski definition) is 4. The first-order valence-electron chi connectivity index (χ1n) is 7.50. The van der Waals surface area contributed by atoms with E-state index in [0.29, 0.717) is 12.5 Å². The van der Waals surface area contributed by atoms with E-state index in [1.807, 2.05) is 13.8 Å². The van der Waals surface area contributed by atoms with Crippen molar-refractivity contribution in [2.45, 2.75) is 65.5 Å². The van der Waals surface area contributed by atoms with Gasteiger partial charge in [-0.2, -0.15) is 0 Å². The van der Waals surface area contributed by atoms with Crippen molar-refractivity contribution < 1.29 is 24.2 Å². The zero-order chi connectivity index (χ0) is 17.3. The molecule has 0 aromatic heterocycles. The summed E-state index contributed by atoms with van der Waals surface area (Å²) in [5.74, 6) is -0.977. The van der Waals surface area contributed by atoms with Crippen LogP contribution < -0.4 is 10.6 Å². The molecular formula is C15H28N2O5. The maximum atomic E-state index is 12.1. The van der Waals surface area contributed by atoms with Crippen LogP contribution in [0, 0.1) is 5.92 Å². The normalized spacial score (nSPS) is 12.6. The Morgan fingerprint density at radius 1 is 1.14 bits per heavy atom. The molecule has 0 radical (unpaired) electrons. The molecule has 1 atom stereocenters. The van der Waals surface area contributed by atoms with Crippen LogP contribution in [0.4, 0.5) is 4.79 Å². The summed E-state index contributed by atoms with van der Waals surface area (Å²) in [6.07, 6.45) is -0.119. The predicted molar refractivity (Wildman–Crippen MR) is 82.5 cm³/mol. The van der Waals surface area contributed by atoms with Crippen LogP contribution in [0.25, 0.3) is 0 Å². The van der Waals surface area contributed by atoms with Gasteiger partial charge in [-0.25, -0.2) is 4.79 Å². The molecule has 3 N–H and O–H groups in total. The van der Waals surface area contributed by atoms with E-state index < -0.39 is 29.6 Å². The predicted octanol–water partition coefficient (Wildman–Crippen LogP) is 1.91. The van der Waals surface area contributed by atoms with Gasteiger partial charge < -0.3 is 20.5 Å². The average Bonchev–Trinajstić information content (AvgIpc) is 2.31. The van der Waals surface area contributed by atoms with Crippen LogP contribution in [0.15, 0.2) is 0 Å². The zero-order valence-electron chi connectivity index (χ0n) is 14.1. The number of carboxylic acids is 1. The molecule has 2 amide bonds. The number of amides is 2. The summed E-state index contributed by atoms with van der Waals surface area (Å²) >= 11 is 0. The molecule has 0 aliphatic rings. The number of nitrogens with one attached hydrogen (secondary N) is 2. The van der Waals surface area contributed by atoms with Gasteiger partial charge in [0.05, 0.1) is 0 Å². The first-order valence-corrected chi connectivity index (χ1v) is 7.50. The Kier molecular flexibility index (Phi) is 8.52. The second-order valence-corrected chi connectivity index (χ2v) is 6.60. The fourth-order valence-corrected chi connectivity index (χ4v) is 1.59. The van der Waals surface area contributed by atoms with E-state index in [1.165, 1.54) is 0 Å². The SMILES string of the molecule is CC(C)CCNC(=O)[C@H](CCC(=O)O)NC(=O)OC(C)(C)C. The summed E-state index contributed by atoms with van der Waals surface area (Å²) in [5.41, 5.74) is -0.685. The van der Waals surface area contributed by atoms with Crippen LogP contribution in [-0.4, -0.2) is 41.3 Å². The summed E-state index contributed by atoms with van der Waals surface area (Å²) in [6, 6.07) is -0.918. The number of aliphatic carboxylic acids is 1. The maximum absolute atomic E-state index is 12.1. The van der Waals surface area contributed by atoms with Crippen LogP contribution in [0.2, 0.25) is 0 Å². The minimum absolute atomic E-state index is 0.0160. The van der Waals surface area contributed by atoms with E-state index in [1.54, 1.807) is 20.8 Å². The summed E-state index contributed by atoms with van der Waals surface area (Å²) in [7, 11) is 0. The van der Waals surface area contributed by atoms with E-state index >= 15 is 0 Å². The molecule has 22 heavy (non-hydrogen) atoms. The third-order valence-corrected chi connectivity index (χ3v) is 2.68. The molecule has 128 valence electrons. The van der Waals surface area contributed by atoms with Gasteiger partial charge in [-0.3, -0.25) is 9.59 Å². The monoisotopic (exact) mass is 316 g/mol. The van der Waals surface area contributed by atoms with E-state index in [-0.39, 0.29) is 12.8 Å². The number of carboxylic acid groups (broad SMARTS) is 1. The number of carbonyl (C=O) groups excluding carboxylic acids is 2. The standard InChI is InChI=1S/C15H28N2O5/c1-10(2)8-9-16-13(20)11(6-7-12(18)19)17-14(21)22-15(3,4)5/h10-11H,6-9H2,1-5H3,(H,16,20)(H,17,21)(H,18,19)/t11-/m0/s1. The molecule has 0 rings (SSSR count). The highest BCUT2D eigenvalue weighted by Crippen LogP contribution is 2.08. The Labute approximate surface area is 131 Å². The topological polar surface area (TPSA) is 105 Å². The molecule has 0 unspecified atom stereocenters. The van der Waals surface area contributed by atoms with Crippen molar-refractivity contribution in [3.05, 3.63) is 0 Å². The van der Waals surface area contributed by atoms with Crippen molar-refractivity contribution in [1.82, 2.24) is 10.6 Å². The van der Waals surface area contributed by atoms with Crippen LogP contribution in [-0.2, 0) is 14.3 Å². The van der Waals surface area contributed by atoms with Crippen molar-refractivity contribution in [3.8, 4) is 0 Å². The first kappa shape index (κ1) is 20.2. The van der Waals surface area contributed by atoms with Crippen molar-refractivity contribution >= 4 is 18.0 Å². The van der Waals surface area contributed by atoms with Gasteiger partial charge in [-0.15, -0.1) is 0 Å². The van der Waals surface area contributed by atoms with Gasteiger partial charge in [0.25, 0.3) is 0 Å². The average molecular weight is 316 g/mol. The molecule has 0 aromatic carbocycles. The lowest BCUT2D eigenvalue weighted by Gasteiger charge is -2.23. The lowest BCUT2D eigenvalue weighted by molar-refractivity contribution is -0.137.